The predicted molar refractivity (Wildman–Crippen MR) is 74.0 cm³/mol. The summed E-state index contributed by atoms with van der Waals surface area (Å²) in [7, 11) is -5.43. The van der Waals surface area contributed by atoms with Gasteiger partial charge in [-0.25, -0.2) is 8.42 Å². The highest BCUT2D eigenvalue weighted by molar-refractivity contribution is 8.14. The largest absolute Gasteiger partial charge is 0.501 e. The number of thioether (sulfide) groups is 1. The third-order valence-corrected chi connectivity index (χ3v) is 4.99. The van der Waals surface area contributed by atoms with E-state index < -0.39 is 20.2 Å². The van der Waals surface area contributed by atoms with Crippen LogP contribution in [0.2, 0.25) is 5.02 Å². The van der Waals surface area contributed by atoms with Crippen LogP contribution in [0.5, 0.6) is 0 Å². The van der Waals surface area contributed by atoms with E-state index in [9.17, 15) is 21.6 Å². The van der Waals surface area contributed by atoms with Gasteiger partial charge in [0.15, 0.2) is 0 Å². The van der Waals surface area contributed by atoms with Crippen molar-refractivity contribution in [1.29, 1.82) is 0 Å². The van der Waals surface area contributed by atoms with Gasteiger partial charge >= 0.3 is 5.51 Å². The number of hydrogen-bond acceptors (Lipinski definition) is 6. The van der Waals surface area contributed by atoms with Crippen LogP contribution in [0.25, 0.3) is 0 Å². The molecule has 0 atom stereocenters. The first-order chi connectivity index (χ1) is 9.72. The van der Waals surface area contributed by atoms with Crippen LogP contribution >= 0.6 is 23.4 Å². The molecule has 1 aromatic carbocycles. The first kappa shape index (κ1) is 16.2. The van der Waals surface area contributed by atoms with E-state index in [4.69, 9.17) is 11.6 Å². The summed E-state index contributed by atoms with van der Waals surface area (Å²) in [6.45, 7) is 0.621. The maximum absolute atomic E-state index is 12.4. The van der Waals surface area contributed by atoms with Gasteiger partial charge in [0, 0.05) is 5.75 Å². The standard InChI is InChI=1S/C10H7ClF3N3O2S2/c11-7-5-6(21(18,19)10(12,13)14)1-2-8(7)16-17-9-15-3-4-20-9/h1-2,5H,3-4H2. The highest BCUT2D eigenvalue weighted by atomic mass is 35.5. The lowest BCUT2D eigenvalue weighted by Gasteiger charge is -2.08. The van der Waals surface area contributed by atoms with Crippen molar-refractivity contribution < 1.29 is 21.6 Å². The number of benzene rings is 1. The summed E-state index contributed by atoms with van der Waals surface area (Å²) in [5, 5.41) is 7.71. The van der Waals surface area contributed by atoms with Gasteiger partial charge in [0.05, 0.1) is 16.5 Å². The molecule has 5 nitrogen and oxygen atoms in total. The quantitative estimate of drug-likeness (QED) is 0.755. The SMILES string of the molecule is O=S(=O)(c1ccc(N=NC2=NCCS2)c(Cl)c1)C(F)(F)F. The van der Waals surface area contributed by atoms with Crippen LogP contribution in [0, 0.1) is 0 Å². The second kappa shape index (κ2) is 5.93. The molecule has 0 saturated heterocycles. The minimum Gasteiger partial charge on any atom is -0.258 e. The summed E-state index contributed by atoms with van der Waals surface area (Å²) in [6, 6.07) is 2.54. The van der Waals surface area contributed by atoms with Crippen molar-refractivity contribution in [3.63, 3.8) is 0 Å². The molecule has 1 heterocycles. The van der Waals surface area contributed by atoms with Gasteiger partial charge in [-0.15, -0.1) is 10.2 Å². The second-order valence-corrected chi connectivity index (χ2v) is 7.19. The Morgan fingerprint density at radius 1 is 1.29 bits per heavy atom. The Hall–Kier alpha value is -1.13. The molecular weight excluding hydrogens is 351 g/mol. The molecule has 0 radical (unpaired) electrons. The van der Waals surface area contributed by atoms with E-state index in [1.54, 1.807) is 0 Å². The summed E-state index contributed by atoms with van der Waals surface area (Å²) < 4.78 is 59.7. The Morgan fingerprint density at radius 2 is 2.00 bits per heavy atom. The minimum atomic E-state index is -5.43. The Kier molecular flexibility index (Phi) is 4.59. The summed E-state index contributed by atoms with van der Waals surface area (Å²) in [5.74, 6) is 0.783. The second-order valence-electron chi connectivity index (χ2n) is 3.78. The van der Waals surface area contributed by atoms with Crippen LogP contribution in [0.1, 0.15) is 0 Å². The van der Waals surface area contributed by atoms with Crippen LogP contribution in [0.15, 0.2) is 38.3 Å². The molecule has 0 spiro atoms. The molecule has 21 heavy (non-hydrogen) atoms. The van der Waals surface area contributed by atoms with Gasteiger partial charge in [-0.1, -0.05) is 23.4 Å². The zero-order chi connectivity index (χ0) is 15.7. The fraction of sp³-hybridized carbons (Fsp3) is 0.300. The van der Waals surface area contributed by atoms with Crippen molar-refractivity contribution in [3.8, 4) is 0 Å². The zero-order valence-corrected chi connectivity index (χ0v) is 12.5. The number of rotatable bonds is 2. The molecule has 1 aliphatic rings. The number of nitrogens with zero attached hydrogens (tertiary/aromatic N) is 3. The van der Waals surface area contributed by atoms with E-state index in [0.717, 1.165) is 17.9 Å². The maximum Gasteiger partial charge on any atom is 0.501 e. The van der Waals surface area contributed by atoms with Gasteiger partial charge in [-0.2, -0.15) is 13.2 Å². The van der Waals surface area contributed by atoms with Crippen molar-refractivity contribution in [3.05, 3.63) is 23.2 Å². The first-order valence-corrected chi connectivity index (χ1v) is 8.26. The van der Waals surface area contributed by atoms with Crippen LogP contribution in [0.3, 0.4) is 0 Å². The van der Waals surface area contributed by atoms with Gasteiger partial charge in [-0.3, -0.25) is 4.99 Å². The van der Waals surface area contributed by atoms with E-state index in [1.807, 2.05) is 0 Å². The van der Waals surface area contributed by atoms with Crippen LogP contribution in [-0.2, 0) is 9.84 Å². The summed E-state index contributed by atoms with van der Waals surface area (Å²) in [5.41, 5.74) is -5.32. The minimum absolute atomic E-state index is 0.0630. The average Bonchev–Trinajstić information content (AvgIpc) is 2.89. The highest BCUT2D eigenvalue weighted by Gasteiger charge is 2.47. The van der Waals surface area contributed by atoms with Gasteiger partial charge in [0.1, 0.15) is 5.69 Å². The molecule has 114 valence electrons. The van der Waals surface area contributed by atoms with E-state index >= 15 is 0 Å². The number of azo groups is 1. The number of sulfone groups is 1. The summed E-state index contributed by atoms with van der Waals surface area (Å²) in [6.07, 6.45) is 0. The lowest BCUT2D eigenvalue weighted by Crippen LogP contribution is -2.23. The molecular formula is C10H7ClF3N3O2S2. The fourth-order valence-electron chi connectivity index (χ4n) is 1.35. The lowest BCUT2D eigenvalue weighted by atomic mass is 10.3. The summed E-state index contributed by atoms with van der Waals surface area (Å²) >= 11 is 7.12. The van der Waals surface area contributed by atoms with Gasteiger partial charge in [0.25, 0.3) is 9.84 Å². The van der Waals surface area contributed by atoms with Crippen molar-refractivity contribution >= 4 is 44.1 Å². The Bertz CT molecular complexity index is 717. The summed E-state index contributed by atoms with van der Waals surface area (Å²) in [4.78, 5) is 3.06. The molecule has 0 saturated carbocycles. The monoisotopic (exact) mass is 357 g/mol. The topological polar surface area (TPSA) is 71.2 Å². The number of hydrogen-bond donors (Lipinski definition) is 0. The molecule has 0 amide bonds. The normalized spacial score (nSPS) is 16.5. The molecule has 0 unspecified atom stereocenters. The van der Waals surface area contributed by atoms with Gasteiger partial charge in [0.2, 0.25) is 5.17 Å². The Labute approximate surface area is 127 Å². The molecule has 0 fully saturated rings. The third-order valence-electron chi connectivity index (χ3n) is 2.35. The molecule has 1 aromatic rings. The van der Waals surface area contributed by atoms with E-state index in [1.165, 1.54) is 11.8 Å². The Morgan fingerprint density at radius 3 is 2.52 bits per heavy atom. The molecule has 0 aliphatic carbocycles. The van der Waals surface area contributed by atoms with Gasteiger partial charge in [-0.05, 0) is 18.2 Å². The fourth-order valence-corrected chi connectivity index (χ4v) is 3.07. The highest BCUT2D eigenvalue weighted by Crippen LogP contribution is 2.34. The van der Waals surface area contributed by atoms with Crippen LogP contribution in [-0.4, -0.2) is 31.4 Å². The Balaban J connectivity index is 2.30. The van der Waals surface area contributed by atoms with Crippen molar-refractivity contribution in [1.82, 2.24) is 0 Å². The lowest BCUT2D eigenvalue weighted by molar-refractivity contribution is -0.0436. The average molecular weight is 358 g/mol. The zero-order valence-electron chi connectivity index (χ0n) is 10.1. The predicted octanol–water partition coefficient (Wildman–Crippen LogP) is 3.82. The van der Waals surface area contributed by atoms with Crippen molar-refractivity contribution in [2.45, 2.75) is 10.4 Å². The van der Waals surface area contributed by atoms with E-state index in [0.29, 0.717) is 17.8 Å². The van der Waals surface area contributed by atoms with E-state index in [2.05, 4.69) is 15.2 Å². The number of aliphatic imine (C=N–C) groups is 1. The molecule has 0 bridgehead atoms. The maximum atomic E-state index is 12.4. The first-order valence-electron chi connectivity index (χ1n) is 5.42. The molecule has 0 aromatic heterocycles. The van der Waals surface area contributed by atoms with Crippen LogP contribution < -0.4 is 0 Å². The smallest absolute Gasteiger partial charge is 0.258 e. The van der Waals surface area contributed by atoms with Crippen molar-refractivity contribution in [2.75, 3.05) is 12.3 Å². The molecule has 11 heteroatoms. The third kappa shape index (κ3) is 3.55. The molecule has 2 rings (SSSR count). The molecule has 0 N–H and O–H groups in total. The number of alkyl halides is 3. The number of amidine groups is 1. The molecule has 1 aliphatic heterocycles. The van der Waals surface area contributed by atoms with E-state index in [-0.39, 0.29) is 10.7 Å². The van der Waals surface area contributed by atoms with Gasteiger partial charge < -0.3 is 0 Å². The van der Waals surface area contributed by atoms with Crippen LogP contribution in [0.4, 0.5) is 18.9 Å². The van der Waals surface area contributed by atoms with Crippen molar-refractivity contribution in [2.24, 2.45) is 15.2 Å². The number of halogens is 4.